The van der Waals surface area contributed by atoms with Crippen LogP contribution in [-0.2, 0) is 9.53 Å². The molecule has 1 aromatic heterocycles. The van der Waals surface area contributed by atoms with Crippen LogP contribution in [0.15, 0.2) is 53.4 Å². The van der Waals surface area contributed by atoms with Crippen LogP contribution in [0.4, 0.5) is 21.9 Å². The molecule has 0 spiro atoms. The minimum Gasteiger partial charge on any atom is -0.481 e. The number of hydrogen-bond acceptors (Lipinski definition) is 8. The fourth-order valence-corrected chi connectivity index (χ4v) is 5.58. The highest BCUT2D eigenvalue weighted by Crippen LogP contribution is 2.37. The van der Waals surface area contributed by atoms with Crippen molar-refractivity contribution >= 4 is 51.7 Å². The molecule has 180 valence electrons. The van der Waals surface area contributed by atoms with E-state index in [-0.39, 0.29) is 18.0 Å². The molecule has 2 amide bonds. The van der Waals surface area contributed by atoms with Crippen LogP contribution in [0.1, 0.15) is 6.92 Å². The Balaban J connectivity index is 1.13. The number of anilines is 3. The zero-order valence-electron chi connectivity index (χ0n) is 19.4. The molecule has 2 atom stereocenters. The van der Waals surface area contributed by atoms with Crippen LogP contribution < -0.4 is 25.2 Å². The van der Waals surface area contributed by atoms with Crippen molar-refractivity contribution in [2.24, 2.45) is 0 Å². The summed E-state index contributed by atoms with van der Waals surface area (Å²) in [5.74, 6) is 0.958. The lowest BCUT2D eigenvalue weighted by molar-refractivity contribution is -0.113. The highest BCUT2D eigenvalue weighted by molar-refractivity contribution is 8.00. The molecule has 2 saturated heterocycles. The van der Waals surface area contributed by atoms with E-state index in [2.05, 4.69) is 26.6 Å². The normalized spacial score (nSPS) is 22.0. The predicted molar refractivity (Wildman–Crippen MR) is 135 cm³/mol. The molecule has 3 aliphatic heterocycles. The summed E-state index contributed by atoms with van der Waals surface area (Å²) in [6.45, 7) is 3.52. The van der Waals surface area contributed by atoms with Gasteiger partial charge in [-0.3, -0.25) is 15.0 Å². The number of carbonyl (C=O) groups excluding carboxylic acids is 2. The van der Waals surface area contributed by atoms with Gasteiger partial charge in [0.05, 0.1) is 35.8 Å². The van der Waals surface area contributed by atoms with Gasteiger partial charge in [0.15, 0.2) is 6.23 Å². The molecule has 3 aliphatic rings. The summed E-state index contributed by atoms with van der Waals surface area (Å²) in [4.78, 5) is 34.1. The average Bonchev–Trinajstić information content (AvgIpc) is 3.12. The van der Waals surface area contributed by atoms with Crippen molar-refractivity contribution in [3.63, 3.8) is 0 Å². The topological polar surface area (TPSA) is 96.0 Å². The molecule has 3 aromatic rings. The van der Waals surface area contributed by atoms with Gasteiger partial charge in [-0.2, -0.15) is 0 Å². The lowest BCUT2D eigenvalue weighted by Gasteiger charge is -2.42. The Morgan fingerprint density at radius 3 is 2.86 bits per heavy atom. The van der Waals surface area contributed by atoms with Crippen LogP contribution in [0, 0.1) is 0 Å². The van der Waals surface area contributed by atoms with Crippen LogP contribution in [0.5, 0.6) is 5.88 Å². The van der Waals surface area contributed by atoms with E-state index in [0.29, 0.717) is 17.3 Å². The molecule has 10 heteroatoms. The summed E-state index contributed by atoms with van der Waals surface area (Å²) in [7, 11) is 1.62. The molecule has 0 saturated carbocycles. The number of methoxy groups -OCH3 is 1. The van der Waals surface area contributed by atoms with Gasteiger partial charge in [0, 0.05) is 41.2 Å². The Morgan fingerprint density at radius 2 is 2.03 bits per heavy atom. The molecule has 2 N–H and O–H groups in total. The maximum Gasteiger partial charge on any atom is 0.416 e. The lowest BCUT2D eigenvalue weighted by atomic mass is 10.0. The molecule has 35 heavy (non-hydrogen) atoms. The molecule has 4 heterocycles. The second kappa shape index (κ2) is 8.62. The van der Waals surface area contributed by atoms with Gasteiger partial charge >= 0.3 is 6.09 Å². The van der Waals surface area contributed by atoms with E-state index in [0.717, 1.165) is 40.3 Å². The van der Waals surface area contributed by atoms with E-state index in [4.69, 9.17) is 9.47 Å². The predicted octanol–water partition coefficient (Wildman–Crippen LogP) is 3.44. The van der Waals surface area contributed by atoms with E-state index in [9.17, 15) is 9.59 Å². The van der Waals surface area contributed by atoms with E-state index in [1.54, 1.807) is 12.0 Å². The van der Waals surface area contributed by atoms with Gasteiger partial charge in [0.25, 0.3) is 0 Å². The number of pyridine rings is 1. The molecular formula is C25H25N5O4S. The molecule has 0 aliphatic carbocycles. The van der Waals surface area contributed by atoms with E-state index in [1.807, 2.05) is 49.4 Å². The van der Waals surface area contributed by atoms with Crippen molar-refractivity contribution < 1.29 is 19.1 Å². The number of hydrogen-bond donors (Lipinski definition) is 2. The fraction of sp³-hybridized carbons (Fsp3) is 0.320. The van der Waals surface area contributed by atoms with Crippen LogP contribution in [0.2, 0.25) is 0 Å². The first-order valence-corrected chi connectivity index (χ1v) is 12.5. The summed E-state index contributed by atoms with van der Waals surface area (Å²) in [5.41, 5.74) is 3.41. The standard InChI is InChI=1S/C25H25N5O4S/c1-14-24(34-25(32)30(14)17-7-8-20-18(10-17)27-21(31)13-35-20)26-16-11-29(12-16)19-5-3-4-15-6-9-22(33-2)28-23(15)19/h3-10,14,16,24,26H,11-13H2,1-2H3,(H,27,31). The Labute approximate surface area is 206 Å². The van der Waals surface area contributed by atoms with Crippen molar-refractivity contribution in [1.29, 1.82) is 0 Å². The fourth-order valence-electron chi connectivity index (χ4n) is 4.80. The van der Waals surface area contributed by atoms with Crippen molar-refractivity contribution in [3.05, 3.63) is 48.5 Å². The number of carbonyl (C=O) groups is 2. The van der Waals surface area contributed by atoms with E-state index in [1.165, 1.54) is 11.8 Å². The van der Waals surface area contributed by atoms with Gasteiger partial charge in [-0.15, -0.1) is 11.8 Å². The molecule has 2 aromatic carbocycles. The number of amides is 2. The van der Waals surface area contributed by atoms with Gasteiger partial charge in [0.2, 0.25) is 11.8 Å². The summed E-state index contributed by atoms with van der Waals surface area (Å²) < 4.78 is 11.0. The highest BCUT2D eigenvalue weighted by atomic mass is 32.2. The molecule has 0 bridgehead atoms. The number of ether oxygens (including phenoxy) is 2. The van der Waals surface area contributed by atoms with Crippen molar-refractivity contribution in [2.45, 2.75) is 30.1 Å². The number of thioether (sulfide) groups is 1. The van der Waals surface area contributed by atoms with Gasteiger partial charge in [0.1, 0.15) is 0 Å². The minimum absolute atomic E-state index is 0.0365. The zero-order valence-corrected chi connectivity index (χ0v) is 20.2. The number of nitrogens with zero attached hydrogens (tertiary/aromatic N) is 3. The van der Waals surface area contributed by atoms with Gasteiger partial charge in [-0.05, 0) is 37.3 Å². The molecule has 9 nitrogen and oxygen atoms in total. The molecular weight excluding hydrogens is 466 g/mol. The third kappa shape index (κ3) is 3.92. The zero-order chi connectivity index (χ0) is 24.1. The smallest absolute Gasteiger partial charge is 0.416 e. The number of rotatable bonds is 5. The van der Waals surface area contributed by atoms with E-state index < -0.39 is 12.3 Å². The maximum atomic E-state index is 12.7. The highest BCUT2D eigenvalue weighted by Gasteiger charge is 2.42. The number of cyclic esters (lactones) is 1. The summed E-state index contributed by atoms with van der Waals surface area (Å²) in [5, 5.41) is 7.44. The third-order valence-corrected chi connectivity index (χ3v) is 7.72. The number of benzene rings is 2. The lowest BCUT2D eigenvalue weighted by Crippen LogP contribution is -2.62. The Kier molecular flexibility index (Phi) is 5.42. The first-order chi connectivity index (χ1) is 17.0. The number of para-hydroxylation sites is 1. The third-order valence-electron chi connectivity index (χ3n) is 6.65. The number of fused-ring (bicyclic) bond motifs is 2. The molecule has 0 radical (unpaired) electrons. The Bertz CT molecular complexity index is 1330. The van der Waals surface area contributed by atoms with Gasteiger partial charge in [-0.1, -0.05) is 12.1 Å². The molecule has 2 unspecified atom stereocenters. The SMILES string of the molecule is COc1ccc2cccc(N3CC(NC4OC(=O)N(c5ccc6c(c5)NC(=O)CS6)C4C)C3)c2n1. The second-order valence-corrected chi connectivity index (χ2v) is 9.92. The largest absolute Gasteiger partial charge is 0.481 e. The minimum atomic E-state index is -0.430. The number of aromatic nitrogens is 1. The van der Waals surface area contributed by atoms with Crippen LogP contribution >= 0.6 is 11.8 Å². The van der Waals surface area contributed by atoms with Gasteiger partial charge in [-0.25, -0.2) is 9.78 Å². The molecule has 6 rings (SSSR count). The average molecular weight is 492 g/mol. The maximum absolute atomic E-state index is 12.7. The quantitative estimate of drug-likeness (QED) is 0.561. The van der Waals surface area contributed by atoms with Crippen LogP contribution in [0.3, 0.4) is 0 Å². The molecule has 2 fully saturated rings. The second-order valence-electron chi connectivity index (χ2n) is 8.90. The summed E-state index contributed by atoms with van der Waals surface area (Å²) in [6, 6.07) is 15.7. The van der Waals surface area contributed by atoms with Crippen molar-refractivity contribution in [2.75, 3.05) is 41.1 Å². The van der Waals surface area contributed by atoms with E-state index >= 15 is 0 Å². The number of nitrogens with one attached hydrogen (secondary N) is 2. The first-order valence-electron chi connectivity index (χ1n) is 11.5. The Hall–Kier alpha value is -3.50. The van der Waals surface area contributed by atoms with Gasteiger partial charge < -0.3 is 19.7 Å². The van der Waals surface area contributed by atoms with Crippen LogP contribution in [-0.4, -0.2) is 61.2 Å². The Morgan fingerprint density at radius 1 is 1.17 bits per heavy atom. The van der Waals surface area contributed by atoms with Crippen molar-refractivity contribution in [3.8, 4) is 5.88 Å². The van der Waals surface area contributed by atoms with Crippen LogP contribution in [0.25, 0.3) is 10.9 Å². The summed E-state index contributed by atoms with van der Waals surface area (Å²) in [6.07, 6.45) is -0.827. The van der Waals surface area contributed by atoms with Crippen molar-refractivity contribution in [1.82, 2.24) is 10.3 Å². The first kappa shape index (κ1) is 22.0. The monoisotopic (exact) mass is 491 g/mol. The summed E-state index contributed by atoms with van der Waals surface area (Å²) >= 11 is 1.49.